The molecule has 3 aromatic rings. The molecule has 0 bridgehead atoms. The number of hydrogen-bond donors (Lipinski definition) is 1. The van der Waals surface area contributed by atoms with E-state index < -0.39 is 6.61 Å². The molecule has 1 heterocycles. The zero-order valence-corrected chi connectivity index (χ0v) is 13.0. The summed E-state index contributed by atoms with van der Waals surface area (Å²) in [6.07, 6.45) is 3.01. The average molecular weight is 344 g/mol. The summed E-state index contributed by atoms with van der Waals surface area (Å²) in [5.41, 5.74) is 4.71. The maximum absolute atomic E-state index is 12.1. The van der Waals surface area contributed by atoms with Gasteiger partial charge in [-0.25, -0.2) is 10.4 Å². The van der Waals surface area contributed by atoms with Crippen molar-refractivity contribution < 1.29 is 18.3 Å². The maximum Gasteiger partial charge on any atom is 0.387 e. The van der Waals surface area contributed by atoms with Crippen LogP contribution in [0.4, 0.5) is 8.78 Å². The third-order valence-electron chi connectivity index (χ3n) is 3.35. The number of rotatable bonds is 6. The molecule has 0 radical (unpaired) electrons. The zero-order chi connectivity index (χ0) is 17.6. The third-order valence-corrected chi connectivity index (χ3v) is 3.35. The highest BCUT2D eigenvalue weighted by atomic mass is 19.3. The number of carbonyl (C=O) groups is 1. The van der Waals surface area contributed by atoms with Gasteiger partial charge in [0.2, 0.25) is 0 Å². The Hall–Kier alpha value is -3.29. The molecule has 0 saturated heterocycles. The Morgan fingerprint density at radius 1 is 1.24 bits per heavy atom. The van der Waals surface area contributed by atoms with Crippen molar-refractivity contribution in [2.75, 3.05) is 0 Å². The van der Waals surface area contributed by atoms with Gasteiger partial charge in [0.1, 0.15) is 12.3 Å². The normalized spacial score (nSPS) is 11.3. The van der Waals surface area contributed by atoms with Crippen molar-refractivity contribution in [2.24, 2.45) is 5.10 Å². The van der Waals surface area contributed by atoms with Gasteiger partial charge in [-0.05, 0) is 42.0 Å². The van der Waals surface area contributed by atoms with Crippen LogP contribution in [-0.2, 0) is 11.3 Å². The Labute approximate surface area is 141 Å². The van der Waals surface area contributed by atoms with E-state index in [-0.39, 0.29) is 18.2 Å². The molecule has 6 nitrogen and oxygen atoms in total. The van der Waals surface area contributed by atoms with E-state index in [1.54, 1.807) is 23.0 Å². The van der Waals surface area contributed by atoms with E-state index in [0.29, 0.717) is 5.56 Å². The van der Waals surface area contributed by atoms with Gasteiger partial charge < -0.3 is 9.30 Å². The fourth-order valence-electron chi connectivity index (χ4n) is 2.24. The first kappa shape index (κ1) is 16.6. The number of alkyl halides is 2. The van der Waals surface area contributed by atoms with Gasteiger partial charge in [0, 0.05) is 0 Å². The van der Waals surface area contributed by atoms with Gasteiger partial charge in [-0.1, -0.05) is 12.1 Å². The van der Waals surface area contributed by atoms with Crippen LogP contribution in [0.5, 0.6) is 5.75 Å². The number of benzene rings is 2. The number of amides is 1. The molecule has 0 aliphatic carbocycles. The summed E-state index contributed by atoms with van der Waals surface area (Å²) < 4.78 is 30.1. The Bertz CT molecular complexity index is 891. The Balaban J connectivity index is 1.55. The number of nitrogens with zero attached hydrogens (tertiary/aromatic N) is 3. The molecule has 0 saturated carbocycles. The molecular formula is C17H14F2N4O2. The number of hydrazone groups is 1. The quantitative estimate of drug-likeness (QED) is 0.552. The van der Waals surface area contributed by atoms with E-state index in [1.807, 2.05) is 24.3 Å². The number of fused-ring (bicyclic) bond motifs is 1. The molecule has 1 aromatic heterocycles. The average Bonchev–Trinajstić information content (AvgIpc) is 2.99. The van der Waals surface area contributed by atoms with Gasteiger partial charge in [-0.15, -0.1) is 0 Å². The molecule has 0 spiro atoms. The molecular weight excluding hydrogens is 330 g/mol. The molecule has 8 heteroatoms. The van der Waals surface area contributed by atoms with Crippen LogP contribution in [0.15, 0.2) is 60.0 Å². The summed E-state index contributed by atoms with van der Waals surface area (Å²) in [4.78, 5) is 16.2. The van der Waals surface area contributed by atoms with Crippen molar-refractivity contribution in [1.29, 1.82) is 0 Å². The van der Waals surface area contributed by atoms with E-state index >= 15 is 0 Å². The second kappa shape index (κ2) is 7.52. The van der Waals surface area contributed by atoms with Crippen LogP contribution >= 0.6 is 0 Å². The smallest absolute Gasteiger partial charge is 0.387 e. The van der Waals surface area contributed by atoms with Crippen LogP contribution in [0.25, 0.3) is 11.0 Å². The van der Waals surface area contributed by atoms with Crippen LogP contribution in [0.2, 0.25) is 0 Å². The topological polar surface area (TPSA) is 68.5 Å². The SMILES string of the molecule is O=C(Cn1cnc2ccccc21)N/N=C\c1ccc(OC(F)F)cc1. The van der Waals surface area contributed by atoms with E-state index in [2.05, 4.69) is 20.2 Å². The van der Waals surface area contributed by atoms with E-state index in [4.69, 9.17) is 0 Å². The molecule has 128 valence electrons. The van der Waals surface area contributed by atoms with Crippen molar-refractivity contribution in [1.82, 2.24) is 15.0 Å². The van der Waals surface area contributed by atoms with Crippen LogP contribution in [0, 0.1) is 0 Å². The van der Waals surface area contributed by atoms with Crippen LogP contribution < -0.4 is 10.2 Å². The number of halogens is 2. The summed E-state index contributed by atoms with van der Waals surface area (Å²) in [6.45, 7) is -2.78. The van der Waals surface area contributed by atoms with Gasteiger partial charge >= 0.3 is 6.61 Å². The summed E-state index contributed by atoms with van der Waals surface area (Å²) in [5.74, 6) is -0.250. The van der Waals surface area contributed by atoms with Gasteiger partial charge in [-0.3, -0.25) is 4.79 Å². The molecule has 2 aromatic carbocycles. The number of hydrogen-bond acceptors (Lipinski definition) is 4. The summed E-state index contributed by atoms with van der Waals surface area (Å²) >= 11 is 0. The largest absolute Gasteiger partial charge is 0.435 e. The Morgan fingerprint density at radius 2 is 2.00 bits per heavy atom. The minimum absolute atomic E-state index is 0.0585. The highest BCUT2D eigenvalue weighted by molar-refractivity contribution is 5.83. The van der Waals surface area contributed by atoms with E-state index in [0.717, 1.165) is 11.0 Å². The molecule has 1 N–H and O–H groups in total. The van der Waals surface area contributed by atoms with Crippen molar-refractivity contribution >= 4 is 23.2 Å². The fraction of sp³-hybridized carbons (Fsp3) is 0.118. The monoisotopic (exact) mass is 344 g/mol. The molecule has 1 amide bonds. The lowest BCUT2D eigenvalue weighted by molar-refractivity contribution is -0.121. The molecule has 25 heavy (non-hydrogen) atoms. The Kier molecular flexibility index (Phi) is 4.98. The molecule has 0 aliphatic heterocycles. The first-order valence-electron chi connectivity index (χ1n) is 7.38. The summed E-state index contributed by atoms with van der Waals surface area (Å²) in [5, 5.41) is 3.85. The van der Waals surface area contributed by atoms with Gasteiger partial charge in [0.15, 0.2) is 0 Å². The number of carbonyl (C=O) groups excluding carboxylic acids is 1. The third kappa shape index (κ3) is 4.37. The fourth-order valence-corrected chi connectivity index (χ4v) is 2.24. The molecule has 0 fully saturated rings. The molecule has 0 atom stereocenters. The van der Waals surface area contributed by atoms with Crippen molar-refractivity contribution in [3.8, 4) is 5.75 Å². The second-order valence-electron chi connectivity index (χ2n) is 5.10. The van der Waals surface area contributed by atoms with E-state index in [9.17, 15) is 13.6 Å². The highest BCUT2D eigenvalue weighted by Crippen LogP contribution is 2.14. The first-order chi connectivity index (χ1) is 12.1. The lowest BCUT2D eigenvalue weighted by Gasteiger charge is -2.04. The number of aromatic nitrogens is 2. The van der Waals surface area contributed by atoms with Gasteiger partial charge in [-0.2, -0.15) is 13.9 Å². The summed E-state index contributed by atoms with van der Waals surface area (Å²) in [6, 6.07) is 13.4. The number of ether oxygens (including phenoxy) is 1. The van der Waals surface area contributed by atoms with Gasteiger partial charge in [0.25, 0.3) is 5.91 Å². The van der Waals surface area contributed by atoms with Crippen molar-refractivity contribution in [3.63, 3.8) is 0 Å². The number of nitrogens with one attached hydrogen (secondary N) is 1. The van der Waals surface area contributed by atoms with Gasteiger partial charge in [0.05, 0.1) is 23.6 Å². The van der Waals surface area contributed by atoms with Crippen molar-refractivity contribution in [2.45, 2.75) is 13.2 Å². The molecule has 0 aliphatic rings. The number of para-hydroxylation sites is 2. The Morgan fingerprint density at radius 3 is 2.76 bits per heavy atom. The maximum atomic E-state index is 12.1. The predicted octanol–water partition coefficient (Wildman–Crippen LogP) is 2.79. The van der Waals surface area contributed by atoms with Crippen LogP contribution in [-0.4, -0.2) is 28.3 Å². The van der Waals surface area contributed by atoms with Crippen molar-refractivity contribution in [3.05, 3.63) is 60.4 Å². The second-order valence-corrected chi connectivity index (χ2v) is 5.10. The zero-order valence-electron chi connectivity index (χ0n) is 13.0. The summed E-state index contributed by atoms with van der Waals surface area (Å²) in [7, 11) is 0. The lowest BCUT2D eigenvalue weighted by Crippen LogP contribution is -2.22. The molecule has 3 rings (SSSR count). The first-order valence-corrected chi connectivity index (χ1v) is 7.38. The minimum Gasteiger partial charge on any atom is -0.435 e. The predicted molar refractivity (Wildman–Crippen MR) is 88.5 cm³/mol. The minimum atomic E-state index is -2.86. The standard InChI is InChI=1S/C17H14F2N4O2/c18-17(19)25-13-7-5-12(6-8-13)9-21-22-16(24)10-23-11-20-14-3-1-2-4-15(14)23/h1-9,11,17H,10H2,(H,22,24)/b21-9-. The molecule has 0 unspecified atom stereocenters. The van der Waals surface area contributed by atoms with Crippen LogP contribution in [0.3, 0.4) is 0 Å². The van der Waals surface area contributed by atoms with E-state index in [1.165, 1.54) is 18.3 Å². The lowest BCUT2D eigenvalue weighted by atomic mass is 10.2. The van der Waals surface area contributed by atoms with Crippen LogP contribution in [0.1, 0.15) is 5.56 Å². The highest BCUT2D eigenvalue weighted by Gasteiger charge is 2.06. The number of imidazole rings is 1.